The lowest BCUT2D eigenvalue weighted by molar-refractivity contribution is 0.208. The quantitative estimate of drug-likeness (QED) is 0.764. The summed E-state index contributed by atoms with van der Waals surface area (Å²) in [6, 6.07) is 7.03. The summed E-state index contributed by atoms with van der Waals surface area (Å²) in [6.07, 6.45) is 5.53. The number of rotatable bonds is 1. The number of aromatic nitrogens is 1. The third-order valence-corrected chi connectivity index (χ3v) is 4.66. The van der Waals surface area contributed by atoms with Gasteiger partial charge in [-0.2, -0.15) is 0 Å². The average Bonchev–Trinajstić information content (AvgIpc) is 2.85. The molecule has 1 aliphatic carbocycles. The van der Waals surface area contributed by atoms with Crippen LogP contribution in [0.3, 0.4) is 0 Å². The van der Waals surface area contributed by atoms with Gasteiger partial charge in [-0.05, 0) is 36.2 Å². The zero-order valence-corrected chi connectivity index (χ0v) is 11.1. The molecular formula is C16H18N2O. The van der Waals surface area contributed by atoms with Gasteiger partial charge in [-0.1, -0.05) is 18.2 Å². The number of aliphatic hydroxyl groups excluding tert-OH is 1. The van der Waals surface area contributed by atoms with Crippen LogP contribution in [0.2, 0.25) is 0 Å². The lowest BCUT2D eigenvalue weighted by Crippen LogP contribution is -2.44. The van der Waals surface area contributed by atoms with Crippen molar-refractivity contribution in [2.45, 2.75) is 18.4 Å². The first-order valence-corrected chi connectivity index (χ1v) is 6.87. The maximum Gasteiger partial charge on any atom is 0.0654 e. The second kappa shape index (κ2) is 3.95. The zero-order chi connectivity index (χ0) is 13.0. The topological polar surface area (TPSA) is 39.3 Å². The molecule has 1 aromatic carbocycles. The molecule has 0 bridgehead atoms. The van der Waals surface area contributed by atoms with E-state index in [1.54, 1.807) is 0 Å². The van der Waals surface area contributed by atoms with E-state index in [0.29, 0.717) is 12.0 Å². The number of hydrogen-bond donors (Lipinski definition) is 2. The van der Waals surface area contributed by atoms with Crippen LogP contribution in [0.5, 0.6) is 0 Å². The molecule has 1 aliphatic heterocycles. The summed E-state index contributed by atoms with van der Waals surface area (Å²) in [4.78, 5) is 5.76. The molecule has 3 nitrogen and oxygen atoms in total. The lowest BCUT2D eigenvalue weighted by atomic mass is 9.77. The molecule has 4 rings (SSSR count). The molecule has 2 aliphatic rings. The zero-order valence-electron chi connectivity index (χ0n) is 11.1. The molecule has 2 heterocycles. The summed E-state index contributed by atoms with van der Waals surface area (Å²) in [6.45, 7) is 1.05. The molecule has 0 radical (unpaired) electrons. The molecule has 0 saturated carbocycles. The molecule has 2 N–H and O–H groups in total. The van der Waals surface area contributed by atoms with Crippen molar-refractivity contribution in [3.63, 3.8) is 0 Å². The minimum Gasteiger partial charge on any atom is -0.392 e. The van der Waals surface area contributed by atoms with Crippen LogP contribution in [-0.4, -0.2) is 41.2 Å². The van der Waals surface area contributed by atoms with Crippen LogP contribution < -0.4 is 0 Å². The SMILES string of the molecule is CN1CC(CO)=C[C@H]2c3cccc4[nH]cc(c34)C[C@@H]21. The summed E-state index contributed by atoms with van der Waals surface area (Å²) in [5, 5.41) is 10.8. The van der Waals surface area contributed by atoms with Gasteiger partial charge in [0.2, 0.25) is 0 Å². The van der Waals surface area contributed by atoms with Gasteiger partial charge in [0, 0.05) is 35.6 Å². The van der Waals surface area contributed by atoms with Gasteiger partial charge in [0.05, 0.1) is 6.61 Å². The Morgan fingerprint density at radius 2 is 2.32 bits per heavy atom. The van der Waals surface area contributed by atoms with Gasteiger partial charge >= 0.3 is 0 Å². The van der Waals surface area contributed by atoms with Crippen molar-refractivity contribution in [1.82, 2.24) is 9.88 Å². The Kier molecular flexibility index (Phi) is 2.34. The van der Waals surface area contributed by atoms with E-state index in [0.717, 1.165) is 18.5 Å². The van der Waals surface area contributed by atoms with Crippen LogP contribution in [0, 0.1) is 0 Å². The van der Waals surface area contributed by atoms with E-state index < -0.39 is 0 Å². The van der Waals surface area contributed by atoms with Crippen LogP contribution in [0.15, 0.2) is 36.0 Å². The van der Waals surface area contributed by atoms with Crippen molar-refractivity contribution in [3.05, 3.63) is 47.2 Å². The van der Waals surface area contributed by atoms with E-state index in [4.69, 9.17) is 0 Å². The smallest absolute Gasteiger partial charge is 0.0654 e. The van der Waals surface area contributed by atoms with Crippen molar-refractivity contribution >= 4 is 10.9 Å². The largest absolute Gasteiger partial charge is 0.392 e. The molecule has 2 atom stereocenters. The molecule has 0 amide bonds. The highest BCUT2D eigenvalue weighted by atomic mass is 16.3. The third-order valence-electron chi connectivity index (χ3n) is 4.66. The fourth-order valence-corrected chi connectivity index (χ4v) is 3.76. The summed E-state index contributed by atoms with van der Waals surface area (Å²) in [5.41, 5.74) is 5.21. The minimum atomic E-state index is 0.170. The van der Waals surface area contributed by atoms with Gasteiger partial charge in [-0.15, -0.1) is 0 Å². The third kappa shape index (κ3) is 1.52. The number of aliphatic hydroxyl groups is 1. The molecule has 19 heavy (non-hydrogen) atoms. The van der Waals surface area contributed by atoms with Gasteiger partial charge in [-0.25, -0.2) is 0 Å². The number of fused-ring (bicyclic) bond motifs is 2. The molecule has 0 spiro atoms. The number of nitrogens with zero attached hydrogens (tertiary/aromatic N) is 1. The van der Waals surface area contributed by atoms with Crippen LogP contribution in [0.1, 0.15) is 17.0 Å². The Bertz CT molecular complexity index is 670. The van der Waals surface area contributed by atoms with Crippen molar-refractivity contribution in [1.29, 1.82) is 0 Å². The number of benzene rings is 1. The first kappa shape index (κ1) is 11.3. The first-order valence-electron chi connectivity index (χ1n) is 6.87. The minimum absolute atomic E-state index is 0.170. The highest BCUT2D eigenvalue weighted by Gasteiger charge is 2.35. The number of likely N-dealkylation sites (N-methyl/N-ethyl adjacent to an activating group) is 1. The van der Waals surface area contributed by atoms with Crippen LogP contribution >= 0.6 is 0 Å². The fraction of sp³-hybridized carbons (Fsp3) is 0.375. The van der Waals surface area contributed by atoms with Crippen LogP contribution in [-0.2, 0) is 6.42 Å². The Morgan fingerprint density at radius 3 is 3.16 bits per heavy atom. The predicted octanol–water partition coefficient (Wildman–Crippen LogP) is 2.04. The lowest BCUT2D eigenvalue weighted by Gasteiger charge is -2.41. The standard InChI is InChI=1S/C16H18N2O/c1-18-8-10(9-19)5-13-12-3-2-4-14-16(12)11(7-17-14)6-15(13)18/h2-5,7,13,15,17,19H,6,8-9H2,1H3/t13-,15-/m0/s1. The van der Waals surface area contributed by atoms with E-state index in [9.17, 15) is 5.11 Å². The number of H-pyrrole nitrogens is 1. The summed E-state index contributed by atoms with van der Waals surface area (Å²) >= 11 is 0. The number of hydrogen-bond acceptors (Lipinski definition) is 2. The first-order chi connectivity index (χ1) is 9.28. The Hall–Kier alpha value is -1.58. The highest BCUT2D eigenvalue weighted by molar-refractivity contribution is 5.88. The molecule has 2 aromatic rings. The van der Waals surface area contributed by atoms with E-state index in [1.165, 1.54) is 22.0 Å². The summed E-state index contributed by atoms with van der Waals surface area (Å²) in [5.74, 6) is 0.410. The van der Waals surface area contributed by atoms with Gasteiger partial charge < -0.3 is 10.1 Å². The van der Waals surface area contributed by atoms with Gasteiger partial charge in [0.15, 0.2) is 0 Å². The van der Waals surface area contributed by atoms with Gasteiger partial charge in [0.25, 0.3) is 0 Å². The van der Waals surface area contributed by atoms with Crippen molar-refractivity contribution in [2.75, 3.05) is 20.2 Å². The number of nitrogens with one attached hydrogen (secondary N) is 1. The Labute approximate surface area is 112 Å². The molecule has 3 heteroatoms. The maximum absolute atomic E-state index is 9.45. The van der Waals surface area contributed by atoms with Crippen molar-refractivity contribution in [3.8, 4) is 0 Å². The molecule has 0 unspecified atom stereocenters. The second-order valence-corrected chi connectivity index (χ2v) is 5.78. The van der Waals surface area contributed by atoms with Crippen LogP contribution in [0.4, 0.5) is 0 Å². The van der Waals surface area contributed by atoms with Crippen LogP contribution in [0.25, 0.3) is 10.9 Å². The normalized spacial score (nSPS) is 26.3. The van der Waals surface area contributed by atoms with Crippen molar-refractivity contribution < 1.29 is 5.11 Å². The molecule has 98 valence electrons. The summed E-state index contributed by atoms with van der Waals surface area (Å²) in [7, 11) is 2.16. The van der Waals surface area contributed by atoms with Crippen molar-refractivity contribution in [2.24, 2.45) is 0 Å². The Morgan fingerprint density at radius 1 is 1.42 bits per heavy atom. The van der Waals surface area contributed by atoms with E-state index in [2.05, 4.69) is 47.4 Å². The predicted molar refractivity (Wildman–Crippen MR) is 76.3 cm³/mol. The van der Waals surface area contributed by atoms with Gasteiger partial charge in [0.1, 0.15) is 0 Å². The average molecular weight is 254 g/mol. The molecule has 1 aromatic heterocycles. The van der Waals surface area contributed by atoms with Gasteiger partial charge in [-0.3, -0.25) is 4.90 Å². The fourth-order valence-electron chi connectivity index (χ4n) is 3.76. The van der Waals surface area contributed by atoms with E-state index in [1.807, 2.05) is 0 Å². The summed E-state index contributed by atoms with van der Waals surface area (Å²) < 4.78 is 0. The monoisotopic (exact) mass is 254 g/mol. The molecule has 0 saturated heterocycles. The maximum atomic E-state index is 9.45. The second-order valence-electron chi connectivity index (χ2n) is 5.78. The Balaban J connectivity index is 1.95. The van der Waals surface area contributed by atoms with E-state index in [-0.39, 0.29) is 6.61 Å². The molecular weight excluding hydrogens is 236 g/mol. The highest BCUT2D eigenvalue weighted by Crippen LogP contribution is 2.41. The van der Waals surface area contributed by atoms with E-state index >= 15 is 0 Å². The number of aromatic amines is 1. The molecule has 0 fully saturated rings.